The van der Waals surface area contributed by atoms with Crippen LogP contribution in [0.3, 0.4) is 0 Å². The minimum Gasteiger partial charge on any atom is -0.258 e. The summed E-state index contributed by atoms with van der Waals surface area (Å²) in [5, 5.41) is 32.7. The van der Waals surface area contributed by atoms with Crippen molar-refractivity contribution < 1.29 is 9.85 Å². The van der Waals surface area contributed by atoms with Crippen molar-refractivity contribution in [3.63, 3.8) is 0 Å². The summed E-state index contributed by atoms with van der Waals surface area (Å²) in [7, 11) is 0. The monoisotopic (exact) mass is 338 g/mol. The number of aromatic nitrogens is 4. The van der Waals surface area contributed by atoms with Crippen LogP contribution in [0.1, 0.15) is 11.4 Å². The maximum Gasteiger partial charge on any atom is 0.269 e. The van der Waals surface area contributed by atoms with Gasteiger partial charge in [-0.1, -0.05) is 6.08 Å². The Morgan fingerprint density at radius 2 is 1.40 bits per heavy atom. The summed E-state index contributed by atoms with van der Waals surface area (Å²) in [5.74, 6) is 0.409. The number of rotatable bonds is 5. The van der Waals surface area contributed by atoms with Crippen LogP contribution in [0.4, 0.5) is 11.4 Å². The maximum atomic E-state index is 10.7. The molecule has 10 heteroatoms. The van der Waals surface area contributed by atoms with Crippen molar-refractivity contribution in [1.29, 1.82) is 0 Å². The van der Waals surface area contributed by atoms with Gasteiger partial charge in [0.25, 0.3) is 11.4 Å². The van der Waals surface area contributed by atoms with Crippen LogP contribution >= 0.6 is 0 Å². The van der Waals surface area contributed by atoms with Gasteiger partial charge >= 0.3 is 0 Å². The van der Waals surface area contributed by atoms with E-state index in [1.165, 1.54) is 41.1 Å². The Labute approximate surface area is 140 Å². The fraction of sp³-hybridized carbons (Fsp3) is 0. The molecule has 0 fully saturated rings. The van der Waals surface area contributed by atoms with Gasteiger partial charge in [0.05, 0.1) is 15.5 Å². The fourth-order valence-corrected chi connectivity index (χ4v) is 2.08. The van der Waals surface area contributed by atoms with Gasteiger partial charge in [-0.05, 0) is 46.3 Å². The average molecular weight is 338 g/mol. The summed E-state index contributed by atoms with van der Waals surface area (Å²) < 4.78 is 1.42. The number of nitrogens with zero attached hydrogens (tertiary/aromatic N) is 6. The molecule has 0 aliphatic heterocycles. The molecular weight excluding hydrogens is 328 g/mol. The number of hydrogen-bond acceptors (Lipinski definition) is 7. The SMILES string of the molecule is O=[N+]([O-])c1ccc(C=Cc2nnnn2-c2ccc([N+](=O)[O-])cc2)cc1. The van der Waals surface area contributed by atoms with E-state index in [9.17, 15) is 20.2 Å². The summed E-state index contributed by atoms with van der Waals surface area (Å²) in [6, 6.07) is 11.8. The molecule has 3 aromatic rings. The third kappa shape index (κ3) is 3.52. The van der Waals surface area contributed by atoms with E-state index in [1.54, 1.807) is 24.3 Å². The van der Waals surface area contributed by atoms with Gasteiger partial charge in [-0.15, -0.1) is 5.10 Å². The smallest absolute Gasteiger partial charge is 0.258 e. The molecule has 0 spiro atoms. The highest BCUT2D eigenvalue weighted by molar-refractivity contribution is 5.67. The summed E-state index contributed by atoms with van der Waals surface area (Å²) >= 11 is 0. The van der Waals surface area contributed by atoms with Crippen LogP contribution in [-0.2, 0) is 0 Å². The highest BCUT2D eigenvalue weighted by Crippen LogP contribution is 2.17. The molecule has 0 aliphatic carbocycles. The summed E-state index contributed by atoms with van der Waals surface area (Å²) in [6.07, 6.45) is 3.35. The molecule has 0 bridgehead atoms. The van der Waals surface area contributed by atoms with Crippen molar-refractivity contribution in [3.05, 3.63) is 80.1 Å². The molecular formula is C15H10N6O4. The first-order valence-corrected chi connectivity index (χ1v) is 7.00. The normalized spacial score (nSPS) is 10.9. The molecule has 0 N–H and O–H groups in total. The van der Waals surface area contributed by atoms with E-state index in [2.05, 4.69) is 15.5 Å². The summed E-state index contributed by atoms with van der Waals surface area (Å²) in [4.78, 5) is 20.4. The lowest BCUT2D eigenvalue weighted by molar-refractivity contribution is -0.385. The lowest BCUT2D eigenvalue weighted by Gasteiger charge is -2.01. The first-order chi connectivity index (χ1) is 12.0. The van der Waals surface area contributed by atoms with Gasteiger partial charge in [-0.25, -0.2) is 0 Å². The highest BCUT2D eigenvalue weighted by atomic mass is 16.6. The first kappa shape index (κ1) is 15.9. The molecule has 25 heavy (non-hydrogen) atoms. The average Bonchev–Trinajstić information content (AvgIpc) is 3.09. The Bertz CT molecular complexity index is 947. The Hall–Kier alpha value is -3.95. The number of hydrogen-bond donors (Lipinski definition) is 0. The molecule has 0 amide bonds. The van der Waals surface area contributed by atoms with Gasteiger partial charge in [0.2, 0.25) is 0 Å². The van der Waals surface area contributed by atoms with Crippen LogP contribution in [0.15, 0.2) is 48.5 Å². The number of benzene rings is 2. The second kappa shape index (κ2) is 6.66. The number of nitro groups is 2. The van der Waals surface area contributed by atoms with Gasteiger partial charge in [0, 0.05) is 24.3 Å². The van der Waals surface area contributed by atoms with Crippen LogP contribution in [0, 0.1) is 20.2 Å². The molecule has 0 atom stereocenters. The standard InChI is InChI=1S/C15H10N6O4/c22-20(23)13-4-1-11(2-5-13)3-10-15-16-17-18-19(15)12-6-8-14(9-7-12)21(24)25/h1-10H. The third-order valence-corrected chi connectivity index (χ3v) is 3.33. The second-order valence-electron chi connectivity index (χ2n) is 4.90. The minimum atomic E-state index is -0.487. The second-order valence-corrected chi connectivity index (χ2v) is 4.90. The van der Waals surface area contributed by atoms with E-state index in [0.29, 0.717) is 11.5 Å². The molecule has 1 heterocycles. The molecule has 1 aromatic heterocycles. The zero-order valence-electron chi connectivity index (χ0n) is 12.6. The van der Waals surface area contributed by atoms with Gasteiger partial charge < -0.3 is 0 Å². The first-order valence-electron chi connectivity index (χ1n) is 7.00. The predicted octanol–water partition coefficient (Wildman–Crippen LogP) is 2.65. The van der Waals surface area contributed by atoms with Gasteiger partial charge in [0.15, 0.2) is 5.82 Å². The van der Waals surface area contributed by atoms with Crippen LogP contribution in [0.25, 0.3) is 17.8 Å². The molecule has 0 unspecified atom stereocenters. The minimum absolute atomic E-state index is 0.00728. The van der Waals surface area contributed by atoms with E-state index in [1.807, 2.05) is 0 Å². The molecule has 2 aromatic carbocycles. The van der Waals surface area contributed by atoms with Crippen molar-refractivity contribution >= 4 is 23.5 Å². The van der Waals surface area contributed by atoms with Crippen LogP contribution < -0.4 is 0 Å². The Kier molecular flexibility index (Phi) is 4.24. The van der Waals surface area contributed by atoms with Crippen molar-refractivity contribution in [2.45, 2.75) is 0 Å². The van der Waals surface area contributed by atoms with Crippen LogP contribution in [-0.4, -0.2) is 30.1 Å². The van der Waals surface area contributed by atoms with E-state index >= 15 is 0 Å². The zero-order valence-corrected chi connectivity index (χ0v) is 12.6. The predicted molar refractivity (Wildman–Crippen MR) is 87.8 cm³/mol. The zero-order chi connectivity index (χ0) is 17.8. The van der Waals surface area contributed by atoms with Gasteiger partial charge in [-0.3, -0.25) is 20.2 Å². The third-order valence-electron chi connectivity index (χ3n) is 3.33. The Morgan fingerprint density at radius 1 is 0.840 bits per heavy atom. The van der Waals surface area contributed by atoms with Crippen LogP contribution in [0.5, 0.6) is 0 Å². The summed E-state index contributed by atoms with van der Waals surface area (Å²) in [5.41, 5.74) is 1.29. The van der Waals surface area contributed by atoms with Crippen molar-refractivity contribution in [2.75, 3.05) is 0 Å². The fourth-order valence-electron chi connectivity index (χ4n) is 2.08. The Morgan fingerprint density at radius 3 is 1.96 bits per heavy atom. The topological polar surface area (TPSA) is 130 Å². The number of tetrazole rings is 1. The lowest BCUT2D eigenvalue weighted by atomic mass is 10.2. The van der Waals surface area contributed by atoms with Gasteiger partial charge in [0.1, 0.15) is 0 Å². The van der Waals surface area contributed by atoms with E-state index in [-0.39, 0.29) is 11.4 Å². The van der Waals surface area contributed by atoms with E-state index in [4.69, 9.17) is 0 Å². The molecule has 3 rings (SSSR count). The molecule has 124 valence electrons. The largest absolute Gasteiger partial charge is 0.269 e. The molecule has 0 saturated heterocycles. The highest BCUT2D eigenvalue weighted by Gasteiger charge is 2.09. The van der Waals surface area contributed by atoms with Gasteiger partial charge in [-0.2, -0.15) is 4.68 Å². The van der Waals surface area contributed by atoms with Crippen molar-refractivity contribution in [2.24, 2.45) is 0 Å². The maximum absolute atomic E-state index is 10.7. The van der Waals surface area contributed by atoms with E-state index < -0.39 is 9.85 Å². The molecule has 0 radical (unpaired) electrons. The van der Waals surface area contributed by atoms with Crippen molar-refractivity contribution in [1.82, 2.24) is 20.2 Å². The molecule has 0 aliphatic rings. The number of non-ortho nitro benzene ring substituents is 2. The number of nitro benzene ring substituents is 2. The molecule has 0 saturated carbocycles. The van der Waals surface area contributed by atoms with E-state index in [0.717, 1.165) is 5.56 Å². The quantitative estimate of drug-likeness (QED) is 0.516. The van der Waals surface area contributed by atoms with Crippen molar-refractivity contribution in [3.8, 4) is 5.69 Å². The molecule has 10 nitrogen and oxygen atoms in total. The lowest BCUT2D eigenvalue weighted by Crippen LogP contribution is -1.99. The Balaban J connectivity index is 1.83. The van der Waals surface area contributed by atoms with Crippen LogP contribution in [0.2, 0.25) is 0 Å². The summed E-state index contributed by atoms with van der Waals surface area (Å²) in [6.45, 7) is 0.